The van der Waals surface area contributed by atoms with Gasteiger partial charge in [0.25, 0.3) is 5.91 Å². The number of nitrogens with zero attached hydrogens (tertiary/aromatic N) is 1. The second kappa shape index (κ2) is 7.54. The van der Waals surface area contributed by atoms with E-state index in [1.54, 1.807) is 38.1 Å². The van der Waals surface area contributed by atoms with Crippen LogP contribution >= 0.6 is 0 Å². The van der Waals surface area contributed by atoms with Crippen LogP contribution in [0.5, 0.6) is 5.75 Å². The number of hydrogen-bond donors (Lipinski definition) is 1. The summed E-state index contributed by atoms with van der Waals surface area (Å²) in [5.41, 5.74) is -0.565. The number of ether oxygens (including phenoxy) is 2. The van der Waals surface area contributed by atoms with Crippen LogP contribution in [0.3, 0.4) is 0 Å². The summed E-state index contributed by atoms with van der Waals surface area (Å²) in [4.78, 5) is 39.3. The van der Waals surface area contributed by atoms with Crippen LogP contribution in [0.25, 0.3) is 0 Å². The third-order valence-electron chi connectivity index (χ3n) is 4.76. The lowest BCUT2D eigenvalue weighted by molar-refractivity contribution is -0.131. The normalized spacial score (nSPS) is 15.8. The van der Waals surface area contributed by atoms with Gasteiger partial charge in [-0.1, -0.05) is 12.1 Å². The molecule has 29 heavy (non-hydrogen) atoms. The highest BCUT2D eigenvalue weighted by molar-refractivity contribution is 6.15. The number of hydrogen-bond acceptors (Lipinski definition) is 5. The van der Waals surface area contributed by atoms with Gasteiger partial charge in [-0.05, 0) is 45.0 Å². The van der Waals surface area contributed by atoms with Gasteiger partial charge in [0.2, 0.25) is 5.91 Å². The van der Waals surface area contributed by atoms with Gasteiger partial charge in [0.15, 0.2) is 6.10 Å². The minimum atomic E-state index is -1.25. The molecule has 7 nitrogen and oxygen atoms in total. The van der Waals surface area contributed by atoms with Gasteiger partial charge < -0.3 is 14.8 Å². The van der Waals surface area contributed by atoms with Crippen molar-refractivity contribution in [3.8, 4) is 5.75 Å². The maximum atomic E-state index is 14.1. The van der Waals surface area contributed by atoms with Crippen LogP contribution < -0.4 is 15.0 Å². The lowest BCUT2D eigenvalue weighted by Crippen LogP contribution is -2.60. The highest BCUT2D eigenvalue weighted by atomic mass is 19.1. The molecule has 1 N–H and O–H groups in total. The first-order chi connectivity index (χ1) is 13.7. The number of para-hydroxylation sites is 2. The molecule has 0 radical (unpaired) electrons. The van der Waals surface area contributed by atoms with Gasteiger partial charge in [0, 0.05) is 6.07 Å². The number of amides is 2. The van der Waals surface area contributed by atoms with Crippen molar-refractivity contribution < 1.29 is 28.2 Å². The van der Waals surface area contributed by atoms with Gasteiger partial charge in [-0.15, -0.1) is 0 Å². The topological polar surface area (TPSA) is 84.9 Å². The maximum absolute atomic E-state index is 14.1. The van der Waals surface area contributed by atoms with Gasteiger partial charge in [-0.2, -0.15) is 0 Å². The molecule has 0 fully saturated rings. The zero-order valence-electron chi connectivity index (χ0n) is 16.5. The van der Waals surface area contributed by atoms with Crippen LogP contribution in [-0.4, -0.2) is 36.5 Å². The number of halogens is 1. The third kappa shape index (κ3) is 3.65. The Morgan fingerprint density at radius 3 is 2.52 bits per heavy atom. The van der Waals surface area contributed by atoms with Crippen molar-refractivity contribution in [2.24, 2.45) is 0 Å². The maximum Gasteiger partial charge on any atom is 0.341 e. The predicted octanol–water partition coefficient (Wildman–Crippen LogP) is 3.14. The van der Waals surface area contributed by atoms with E-state index in [1.807, 2.05) is 0 Å². The Morgan fingerprint density at radius 2 is 1.86 bits per heavy atom. The van der Waals surface area contributed by atoms with E-state index in [0.717, 1.165) is 6.07 Å². The number of anilines is 2. The lowest BCUT2D eigenvalue weighted by atomic mass is 9.95. The molecule has 2 aromatic carbocycles. The predicted molar refractivity (Wildman–Crippen MR) is 104 cm³/mol. The number of fused-ring (bicyclic) bond motifs is 1. The Balaban J connectivity index is 1.86. The van der Waals surface area contributed by atoms with Crippen molar-refractivity contribution in [2.75, 3.05) is 17.3 Å². The van der Waals surface area contributed by atoms with E-state index in [2.05, 4.69) is 5.32 Å². The number of carbonyl (C=O) groups excluding carboxylic acids is 3. The summed E-state index contributed by atoms with van der Waals surface area (Å²) >= 11 is 0. The molecule has 8 heteroatoms. The fourth-order valence-electron chi connectivity index (χ4n) is 3.09. The average Bonchev–Trinajstić information content (AvgIpc) is 2.68. The summed E-state index contributed by atoms with van der Waals surface area (Å²) in [6, 6.07) is 10.5. The molecule has 2 aromatic rings. The standard InChI is InChI=1S/C21H21FN2O5/c1-12(29-19(26)14-10-9-13(28-4)11-15(14)22)18(25)24-17-8-6-5-7-16(17)23-20(27)21(24,2)3/h5-12H,1-4H3,(H,23,27)/t12-/m1/s1. The zero-order valence-corrected chi connectivity index (χ0v) is 16.5. The summed E-state index contributed by atoms with van der Waals surface area (Å²) < 4.78 is 24.2. The Hall–Kier alpha value is -3.42. The van der Waals surface area contributed by atoms with E-state index in [9.17, 15) is 18.8 Å². The van der Waals surface area contributed by atoms with E-state index in [4.69, 9.17) is 9.47 Å². The number of carbonyl (C=O) groups is 3. The van der Waals surface area contributed by atoms with Gasteiger partial charge in [0.1, 0.15) is 17.1 Å². The van der Waals surface area contributed by atoms with Gasteiger partial charge in [-0.25, -0.2) is 9.18 Å². The van der Waals surface area contributed by atoms with Gasteiger partial charge in [0.05, 0.1) is 24.0 Å². The smallest absolute Gasteiger partial charge is 0.341 e. The molecule has 1 heterocycles. The SMILES string of the molecule is COc1ccc(C(=O)O[C@H](C)C(=O)N2c3ccccc3NC(=O)C2(C)C)c(F)c1. The molecule has 0 spiro atoms. The monoisotopic (exact) mass is 400 g/mol. The molecule has 0 saturated carbocycles. The molecule has 2 amide bonds. The molecule has 0 aromatic heterocycles. The van der Waals surface area contributed by atoms with Crippen molar-refractivity contribution in [1.29, 1.82) is 0 Å². The number of nitrogens with one attached hydrogen (secondary N) is 1. The Labute approximate surface area is 167 Å². The fourth-order valence-corrected chi connectivity index (χ4v) is 3.09. The number of rotatable bonds is 4. The largest absolute Gasteiger partial charge is 0.497 e. The summed E-state index contributed by atoms with van der Waals surface area (Å²) in [7, 11) is 1.38. The first-order valence-corrected chi connectivity index (χ1v) is 8.96. The minimum Gasteiger partial charge on any atom is -0.497 e. The third-order valence-corrected chi connectivity index (χ3v) is 4.76. The summed E-state index contributed by atoms with van der Waals surface area (Å²) in [6.45, 7) is 4.56. The van der Waals surface area contributed by atoms with Crippen molar-refractivity contribution in [3.05, 3.63) is 53.8 Å². The van der Waals surface area contributed by atoms with Crippen molar-refractivity contribution in [3.63, 3.8) is 0 Å². The Bertz CT molecular complexity index is 989. The Morgan fingerprint density at radius 1 is 1.17 bits per heavy atom. The number of methoxy groups -OCH3 is 1. The molecular weight excluding hydrogens is 379 g/mol. The molecule has 1 aliphatic rings. The molecule has 152 valence electrons. The van der Waals surface area contributed by atoms with E-state index in [1.165, 1.54) is 31.1 Å². The number of esters is 1. The molecule has 1 atom stereocenters. The molecule has 0 aliphatic carbocycles. The number of benzene rings is 2. The van der Waals surface area contributed by atoms with Crippen molar-refractivity contribution in [2.45, 2.75) is 32.4 Å². The quantitative estimate of drug-likeness (QED) is 0.797. The molecule has 0 saturated heterocycles. The van der Waals surface area contributed by atoms with Crippen LogP contribution in [0.4, 0.5) is 15.8 Å². The molecule has 1 aliphatic heterocycles. The first kappa shape index (κ1) is 20.3. The summed E-state index contributed by atoms with van der Waals surface area (Å²) in [5, 5.41) is 2.76. The van der Waals surface area contributed by atoms with E-state index < -0.39 is 29.3 Å². The zero-order chi connectivity index (χ0) is 21.3. The molecule has 0 bridgehead atoms. The second-order valence-electron chi connectivity index (χ2n) is 7.10. The molecule has 0 unspecified atom stereocenters. The fraction of sp³-hybridized carbons (Fsp3) is 0.286. The highest BCUT2D eigenvalue weighted by Crippen LogP contribution is 2.37. The molecule has 3 rings (SSSR count). The van der Waals surface area contributed by atoms with Gasteiger partial charge in [-0.3, -0.25) is 14.5 Å². The van der Waals surface area contributed by atoms with Crippen LogP contribution in [0.1, 0.15) is 31.1 Å². The van der Waals surface area contributed by atoms with E-state index >= 15 is 0 Å². The van der Waals surface area contributed by atoms with E-state index in [-0.39, 0.29) is 17.2 Å². The first-order valence-electron chi connectivity index (χ1n) is 8.96. The molecular formula is C21H21FN2O5. The van der Waals surface area contributed by atoms with Gasteiger partial charge >= 0.3 is 5.97 Å². The van der Waals surface area contributed by atoms with Crippen LogP contribution in [0.15, 0.2) is 42.5 Å². The Kier molecular flexibility index (Phi) is 5.28. The van der Waals surface area contributed by atoms with E-state index in [0.29, 0.717) is 11.4 Å². The van der Waals surface area contributed by atoms with Crippen molar-refractivity contribution in [1.82, 2.24) is 0 Å². The summed E-state index contributed by atoms with van der Waals surface area (Å²) in [5.74, 6) is -2.53. The van der Waals surface area contributed by atoms with Crippen molar-refractivity contribution >= 4 is 29.2 Å². The van der Waals surface area contributed by atoms with Crippen LogP contribution in [-0.2, 0) is 14.3 Å². The lowest BCUT2D eigenvalue weighted by Gasteiger charge is -2.42. The summed E-state index contributed by atoms with van der Waals surface area (Å²) in [6.07, 6.45) is -1.25. The second-order valence-corrected chi connectivity index (χ2v) is 7.10. The van der Waals surface area contributed by atoms with Crippen LogP contribution in [0.2, 0.25) is 0 Å². The minimum absolute atomic E-state index is 0.251. The van der Waals surface area contributed by atoms with Crippen LogP contribution in [0, 0.1) is 5.82 Å². The average molecular weight is 400 g/mol. The highest BCUT2D eigenvalue weighted by Gasteiger charge is 2.45.